The Kier molecular flexibility index (Phi) is 6.06. The van der Waals surface area contributed by atoms with Crippen LogP contribution >= 0.6 is 11.6 Å². The fraction of sp³-hybridized carbons (Fsp3) is 0.562. The Morgan fingerprint density at radius 3 is 2.64 bits per heavy atom. The molecule has 22 heavy (non-hydrogen) atoms. The van der Waals surface area contributed by atoms with E-state index in [1.807, 2.05) is 24.3 Å². The van der Waals surface area contributed by atoms with Crippen molar-refractivity contribution >= 4 is 17.6 Å². The molecule has 0 bridgehead atoms. The Hall–Kier alpha value is -1.30. The molecule has 1 aliphatic carbocycles. The van der Waals surface area contributed by atoms with Gasteiger partial charge in [0, 0.05) is 18.7 Å². The number of benzene rings is 1. The maximum atomic E-state index is 12.0. The molecule has 0 saturated heterocycles. The van der Waals surface area contributed by atoms with Crippen molar-refractivity contribution in [3.8, 4) is 0 Å². The van der Waals surface area contributed by atoms with Gasteiger partial charge in [0.1, 0.15) is 0 Å². The minimum atomic E-state index is -0.704. The lowest BCUT2D eigenvalue weighted by Crippen LogP contribution is -2.42. The molecule has 1 aromatic rings. The molecular weight excluding hydrogens is 304 g/mol. The molecule has 4 unspecified atom stereocenters. The Balaban J connectivity index is 1.93. The molecule has 0 aliphatic heterocycles. The molecular formula is C16H23ClN2O3. The third-order valence-corrected chi connectivity index (χ3v) is 4.22. The van der Waals surface area contributed by atoms with Crippen LogP contribution in [0, 0.1) is 11.8 Å². The van der Waals surface area contributed by atoms with Crippen molar-refractivity contribution in [2.24, 2.45) is 11.8 Å². The average molecular weight is 327 g/mol. The third-order valence-electron chi connectivity index (χ3n) is 3.97. The molecule has 0 spiro atoms. The van der Waals surface area contributed by atoms with Gasteiger partial charge in [0.2, 0.25) is 0 Å². The summed E-state index contributed by atoms with van der Waals surface area (Å²) >= 11 is 5.92. The number of methoxy groups -OCH3 is 1. The fourth-order valence-corrected chi connectivity index (χ4v) is 2.70. The summed E-state index contributed by atoms with van der Waals surface area (Å²) in [6.07, 6.45) is 0.393. The smallest absolute Gasteiger partial charge is 0.315 e. The highest BCUT2D eigenvalue weighted by molar-refractivity contribution is 6.30. The first-order valence-corrected chi connectivity index (χ1v) is 7.86. The van der Waals surface area contributed by atoms with Gasteiger partial charge >= 0.3 is 6.03 Å². The van der Waals surface area contributed by atoms with E-state index in [-0.39, 0.29) is 25.2 Å². The first-order chi connectivity index (χ1) is 10.5. The number of rotatable bonds is 7. The van der Waals surface area contributed by atoms with Crippen molar-refractivity contribution in [2.75, 3.05) is 20.3 Å². The summed E-state index contributed by atoms with van der Waals surface area (Å²) in [5.41, 5.74) is 1.05. The molecule has 0 heterocycles. The highest BCUT2D eigenvalue weighted by atomic mass is 35.5. The van der Waals surface area contributed by atoms with Gasteiger partial charge in [0.05, 0.1) is 18.8 Å². The molecule has 0 radical (unpaired) electrons. The number of hydrogen-bond donors (Lipinski definition) is 3. The molecule has 6 heteroatoms. The quantitative estimate of drug-likeness (QED) is 0.720. The molecule has 0 aromatic heterocycles. The minimum Gasteiger partial charge on any atom is -0.389 e. The van der Waals surface area contributed by atoms with Crippen LogP contribution in [0.15, 0.2) is 24.3 Å². The van der Waals surface area contributed by atoms with E-state index in [1.54, 1.807) is 0 Å². The number of carbonyl (C=O) groups excluding carboxylic acids is 1. The number of carbonyl (C=O) groups is 1. The Labute approximate surface area is 136 Å². The van der Waals surface area contributed by atoms with Crippen LogP contribution in [0.2, 0.25) is 5.02 Å². The van der Waals surface area contributed by atoms with Crippen LogP contribution in [0.25, 0.3) is 0 Å². The van der Waals surface area contributed by atoms with E-state index in [2.05, 4.69) is 17.6 Å². The van der Waals surface area contributed by atoms with Crippen LogP contribution in [0.5, 0.6) is 0 Å². The zero-order valence-corrected chi connectivity index (χ0v) is 13.6. The average Bonchev–Trinajstić information content (AvgIpc) is 3.21. The lowest BCUT2D eigenvalue weighted by molar-refractivity contribution is 0.0659. The largest absolute Gasteiger partial charge is 0.389 e. The summed E-state index contributed by atoms with van der Waals surface area (Å²) in [5, 5.41) is 15.9. The van der Waals surface area contributed by atoms with Crippen molar-refractivity contribution in [2.45, 2.75) is 25.5 Å². The second-order valence-corrected chi connectivity index (χ2v) is 6.31. The normalized spacial score (nSPS) is 22.7. The second-order valence-electron chi connectivity index (χ2n) is 5.87. The first-order valence-electron chi connectivity index (χ1n) is 7.48. The summed E-state index contributed by atoms with van der Waals surface area (Å²) < 4.78 is 4.83. The van der Waals surface area contributed by atoms with Gasteiger partial charge in [0.25, 0.3) is 0 Å². The summed E-state index contributed by atoms with van der Waals surface area (Å²) in [6, 6.07) is 7.23. The summed E-state index contributed by atoms with van der Waals surface area (Å²) in [4.78, 5) is 12.0. The van der Waals surface area contributed by atoms with Crippen molar-refractivity contribution in [3.63, 3.8) is 0 Å². The van der Waals surface area contributed by atoms with Crippen molar-refractivity contribution < 1.29 is 14.6 Å². The van der Waals surface area contributed by atoms with E-state index in [4.69, 9.17) is 16.3 Å². The molecule has 2 rings (SSSR count). The Morgan fingerprint density at radius 2 is 2.09 bits per heavy atom. The van der Waals surface area contributed by atoms with Crippen LogP contribution in [0.4, 0.5) is 4.79 Å². The SMILES string of the molecule is COCC(O)CNC(=O)NC(c1ccc(Cl)cc1)C1CC1C. The first kappa shape index (κ1) is 17.1. The topological polar surface area (TPSA) is 70.6 Å². The molecule has 1 aliphatic rings. The predicted octanol–water partition coefficient (Wildman–Crippen LogP) is 2.34. The number of ether oxygens (including phenoxy) is 1. The van der Waals surface area contributed by atoms with Gasteiger partial charge < -0.3 is 20.5 Å². The summed E-state index contributed by atoms with van der Waals surface area (Å²) in [5.74, 6) is 1.04. The Morgan fingerprint density at radius 1 is 1.45 bits per heavy atom. The van der Waals surface area contributed by atoms with Gasteiger partial charge in [-0.2, -0.15) is 0 Å². The van der Waals surface area contributed by atoms with Gasteiger partial charge in [-0.05, 0) is 36.0 Å². The fourth-order valence-electron chi connectivity index (χ4n) is 2.58. The van der Waals surface area contributed by atoms with Gasteiger partial charge in [-0.1, -0.05) is 30.7 Å². The van der Waals surface area contributed by atoms with Gasteiger partial charge in [-0.3, -0.25) is 0 Å². The molecule has 1 saturated carbocycles. The monoisotopic (exact) mass is 326 g/mol. The molecule has 4 atom stereocenters. The van der Waals surface area contributed by atoms with E-state index in [9.17, 15) is 9.90 Å². The van der Waals surface area contributed by atoms with Crippen molar-refractivity contribution in [1.82, 2.24) is 10.6 Å². The number of aliphatic hydroxyl groups is 1. The molecule has 5 nitrogen and oxygen atoms in total. The standard InChI is InChI=1S/C16H23ClN2O3/c1-10-7-14(10)15(11-3-5-12(17)6-4-11)19-16(21)18-8-13(20)9-22-2/h3-6,10,13-15,20H,7-9H2,1-2H3,(H2,18,19,21). The number of urea groups is 1. The third kappa shape index (κ3) is 4.87. The molecule has 1 fully saturated rings. The van der Waals surface area contributed by atoms with Gasteiger partial charge in [0.15, 0.2) is 0 Å². The van der Waals surface area contributed by atoms with Gasteiger partial charge in [-0.25, -0.2) is 4.79 Å². The van der Waals surface area contributed by atoms with Crippen LogP contribution in [0.1, 0.15) is 24.9 Å². The van der Waals surface area contributed by atoms with Crippen molar-refractivity contribution in [3.05, 3.63) is 34.9 Å². The summed E-state index contributed by atoms with van der Waals surface area (Å²) in [7, 11) is 1.51. The highest BCUT2D eigenvalue weighted by Crippen LogP contribution is 2.47. The van der Waals surface area contributed by atoms with E-state index in [0.29, 0.717) is 16.9 Å². The second kappa shape index (κ2) is 7.81. The van der Waals surface area contributed by atoms with E-state index in [0.717, 1.165) is 12.0 Å². The Bertz CT molecular complexity index is 495. The van der Waals surface area contributed by atoms with E-state index >= 15 is 0 Å². The zero-order chi connectivity index (χ0) is 16.1. The van der Waals surface area contributed by atoms with Crippen LogP contribution in [-0.2, 0) is 4.74 Å². The molecule has 1 aromatic carbocycles. The van der Waals surface area contributed by atoms with E-state index < -0.39 is 6.10 Å². The van der Waals surface area contributed by atoms with Crippen LogP contribution < -0.4 is 10.6 Å². The minimum absolute atomic E-state index is 0.0353. The zero-order valence-electron chi connectivity index (χ0n) is 12.9. The number of hydrogen-bond acceptors (Lipinski definition) is 3. The highest BCUT2D eigenvalue weighted by Gasteiger charge is 2.40. The van der Waals surface area contributed by atoms with E-state index in [1.165, 1.54) is 7.11 Å². The maximum absolute atomic E-state index is 12.0. The predicted molar refractivity (Wildman–Crippen MR) is 85.9 cm³/mol. The molecule has 3 N–H and O–H groups in total. The lowest BCUT2D eigenvalue weighted by Gasteiger charge is -2.20. The van der Waals surface area contributed by atoms with Crippen LogP contribution in [0.3, 0.4) is 0 Å². The molecule has 2 amide bonds. The van der Waals surface area contributed by atoms with Crippen LogP contribution in [-0.4, -0.2) is 37.5 Å². The molecule has 122 valence electrons. The van der Waals surface area contributed by atoms with Crippen molar-refractivity contribution in [1.29, 1.82) is 0 Å². The number of halogens is 1. The number of aliphatic hydroxyl groups excluding tert-OH is 1. The lowest BCUT2D eigenvalue weighted by atomic mass is 10.0. The number of nitrogens with one attached hydrogen (secondary N) is 2. The van der Waals surface area contributed by atoms with Gasteiger partial charge in [-0.15, -0.1) is 0 Å². The summed E-state index contributed by atoms with van der Waals surface area (Å²) in [6.45, 7) is 2.53. The maximum Gasteiger partial charge on any atom is 0.315 e. The number of amides is 2.